The van der Waals surface area contributed by atoms with E-state index in [-0.39, 0.29) is 35.6 Å². The van der Waals surface area contributed by atoms with Crippen LogP contribution in [-0.2, 0) is 14.6 Å². The van der Waals surface area contributed by atoms with Gasteiger partial charge in [0.1, 0.15) is 6.04 Å². The van der Waals surface area contributed by atoms with E-state index in [9.17, 15) is 18.0 Å². The number of halogens is 1. The van der Waals surface area contributed by atoms with E-state index in [4.69, 9.17) is 11.6 Å². The zero-order chi connectivity index (χ0) is 27.6. The summed E-state index contributed by atoms with van der Waals surface area (Å²) in [6.07, 6.45) is 2.82. The van der Waals surface area contributed by atoms with Gasteiger partial charge >= 0.3 is 0 Å². The van der Waals surface area contributed by atoms with Gasteiger partial charge in [-0.25, -0.2) is 8.42 Å². The Morgan fingerprint density at radius 3 is 2.50 bits per heavy atom. The maximum Gasteiger partial charge on any atom is 0.251 e. The number of hydrogen-bond donors (Lipinski definition) is 1. The van der Waals surface area contributed by atoms with Gasteiger partial charge in [-0.1, -0.05) is 35.4 Å². The first kappa shape index (κ1) is 28.6. The maximum atomic E-state index is 13.5. The highest BCUT2D eigenvalue weighted by Gasteiger charge is 2.44. The van der Waals surface area contributed by atoms with Gasteiger partial charge in [-0.3, -0.25) is 9.59 Å². The third kappa shape index (κ3) is 6.41. The van der Waals surface area contributed by atoms with Gasteiger partial charge in [-0.2, -0.15) is 0 Å². The Kier molecular flexibility index (Phi) is 8.85. The SMILES string of the molecule is Cc1ccc(S(=O)(=O)C[C@@H]2C[C@H](N(C)C(C)C)CC[C@@H]2N2CC[C@H](NC(=O)c3cccc(Cl)c3)C2=O)cc1. The van der Waals surface area contributed by atoms with Gasteiger partial charge < -0.3 is 15.1 Å². The first-order chi connectivity index (χ1) is 18.0. The molecule has 1 aliphatic heterocycles. The summed E-state index contributed by atoms with van der Waals surface area (Å²) in [6, 6.07) is 13.4. The lowest BCUT2D eigenvalue weighted by Crippen LogP contribution is -2.53. The highest BCUT2D eigenvalue weighted by atomic mass is 35.5. The molecule has 0 spiro atoms. The van der Waals surface area contributed by atoms with Crippen molar-refractivity contribution in [3.05, 3.63) is 64.7 Å². The summed E-state index contributed by atoms with van der Waals surface area (Å²) < 4.78 is 26.9. The number of nitrogens with one attached hydrogen (secondary N) is 1. The van der Waals surface area contributed by atoms with Crippen LogP contribution in [0, 0.1) is 12.8 Å². The van der Waals surface area contributed by atoms with Crippen molar-refractivity contribution in [3.63, 3.8) is 0 Å². The number of carbonyl (C=O) groups excluding carboxylic acids is 2. The summed E-state index contributed by atoms with van der Waals surface area (Å²) in [6.45, 7) is 6.71. The average molecular weight is 560 g/mol. The number of rotatable bonds is 8. The van der Waals surface area contributed by atoms with Crippen molar-refractivity contribution in [1.82, 2.24) is 15.1 Å². The molecule has 9 heteroatoms. The summed E-state index contributed by atoms with van der Waals surface area (Å²) in [7, 11) is -1.45. The molecule has 38 heavy (non-hydrogen) atoms. The number of sulfone groups is 1. The summed E-state index contributed by atoms with van der Waals surface area (Å²) in [5, 5.41) is 3.32. The van der Waals surface area contributed by atoms with Crippen LogP contribution in [0.25, 0.3) is 0 Å². The Balaban J connectivity index is 1.53. The topological polar surface area (TPSA) is 86.8 Å². The van der Waals surface area contributed by atoms with Crippen LogP contribution in [0.2, 0.25) is 5.02 Å². The number of nitrogens with zero attached hydrogens (tertiary/aromatic N) is 2. The monoisotopic (exact) mass is 559 g/mol. The molecule has 1 saturated carbocycles. The molecule has 4 rings (SSSR count). The molecule has 0 radical (unpaired) electrons. The fourth-order valence-corrected chi connectivity index (χ4v) is 7.62. The fourth-order valence-electron chi connectivity index (χ4n) is 5.76. The lowest BCUT2D eigenvalue weighted by molar-refractivity contribution is -0.133. The molecule has 2 aromatic rings. The summed E-state index contributed by atoms with van der Waals surface area (Å²) in [4.78, 5) is 30.7. The molecule has 0 bridgehead atoms. The first-order valence-electron chi connectivity index (χ1n) is 13.3. The number of amides is 2. The van der Waals surface area contributed by atoms with Crippen LogP contribution in [0.5, 0.6) is 0 Å². The third-order valence-electron chi connectivity index (χ3n) is 8.15. The molecule has 4 atom stereocenters. The second-order valence-electron chi connectivity index (χ2n) is 11.0. The van der Waals surface area contributed by atoms with Gasteiger partial charge in [0.05, 0.1) is 10.6 Å². The predicted molar refractivity (Wildman–Crippen MR) is 150 cm³/mol. The molecule has 0 unspecified atom stereocenters. The van der Waals surface area contributed by atoms with Gasteiger partial charge in [0.2, 0.25) is 5.91 Å². The van der Waals surface area contributed by atoms with Crippen molar-refractivity contribution in [2.24, 2.45) is 5.92 Å². The van der Waals surface area contributed by atoms with Gasteiger partial charge in [0.15, 0.2) is 9.84 Å². The van der Waals surface area contributed by atoms with E-state index < -0.39 is 15.9 Å². The van der Waals surface area contributed by atoms with Crippen molar-refractivity contribution in [3.8, 4) is 0 Å². The Labute approximate surface area is 231 Å². The average Bonchev–Trinajstić information content (AvgIpc) is 3.23. The minimum Gasteiger partial charge on any atom is -0.340 e. The molecule has 2 aromatic carbocycles. The Bertz CT molecular complexity index is 1260. The molecule has 1 aliphatic carbocycles. The molecule has 2 aliphatic rings. The summed E-state index contributed by atoms with van der Waals surface area (Å²) in [5.74, 6) is -0.688. The van der Waals surface area contributed by atoms with E-state index in [2.05, 4.69) is 31.1 Å². The van der Waals surface area contributed by atoms with Gasteiger partial charge in [0, 0.05) is 35.3 Å². The normalized spacial score (nSPS) is 24.3. The number of hydrogen-bond acceptors (Lipinski definition) is 5. The van der Waals surface area contributed by atoms with Gasteiger partial charge in [-0.15, -0.1) is 0 Å². The van der Waals surface area contributed by atoms with Crippen molar-refractivity contribution in [2.75, 3.05) is 19.3 Å². The Morgan fingerprint density at radius 1 is 1.13 bits per heavy atom. The number of aryl methyl sites for hydroxylation is 1. The van der Waals surface area contributed by atoms with Gasteiger partial charge in [-0.05, 0) is 89.8 Å². The van der Waals surface area contributed by atoms with Crippen LogP contribution in [0.3, 0.4) is 0 Å². The molecular formula is C29H38ClN3O4S. The molecule has 1 saturated heterocycles. The van der Waals surface area contributed by atoms with Gasteiger partial charge in [0.25, 0.3) is 5.91 Å². The Morgan fingerprint density at radius 2 is 1.84 bits per heavy atom. The molecule has 7 nitrogen and oxygen atoms in total. The minimum atomic E-state index is -3.54. The van der Waals surface area contributed by atoms with Crippen LogP contribution in [0.1, 0.15) is 55.5 Å². The van der Waals surface area contributed by atoms with Crippen LogP contribution in [-0.4, -0.2) is 73.5 Å². The zero-order valence-electron chi connectivity index (χ0n) is 22.6. The number of carbonyl (C=O) groups is 2. The van der Waals surface area contributed by atoms with E-state index >= 15 is 0 Å². The number of benzene rings is 2. The molecule has 206 valence electrons. The van der Waals surface area contributed by atoms with Crippen LogP contribution in [0.4, 0.5) is 0 Å². The molecule has 2 amide bonds. The molecule has 1 heterocycles. The lowest BCUT2D eigenvalue weighted by atomic mass is 9.81. The van der Waals surface area contributed by atoms with E-state index in [0.717, 1.165) is 18.4 Å². The van der Waals surface area contributed by atoms with Crippen molar-refractivity contribution in [2.45, 2.75) is 75.5 Å². The van der Waals surface area contributed by atoms with E-state index in [1.165, 1.54) is 0 Å². The summed E-state index contributed by atoms with van der Waals surface area (Å²) >= 11 is 6.03. The standard InChI is InChI=1S/C29H38ClN3O4S/c1-19(2)32(4)24-10-13-27(22(17-24)18-38(36,37)25-11-8-20(3)9-12-25)33-15-14-26(29(33)35)31-28(34)21-6-5-7-23(30)16-21/h5-9,11-12,16,19,22,24,26-27H,10,13-15,17-18H2,1-4H3,(H,31,34)/t22-,24+,26-,27-/m0/s1. The maximum absolute atomic E-state index is 13.5. The largest absolute Gasteiger partial charge is 0.340 e. The second-order valence-corrected chi connectivity index (χ2v) is 13.5. The third-order valence-corrected chi connectivity index (χ3v) is 10.2. The Hall–Kier alpha value is -2.42. The van der Waals surface area contributed by atoms with Crippen LogP contribution in [0.15, 0.2) is 53.4 Å². The van der Waals surface area contributed by atoms with E-state index in [0.29, 0.717) is 40.9 Å². The summed E-state index contributed by atoms with van der Waals surface area (Å²) in [5.41, 5.74) is 1.41. The van der Waals surface area contributed by atoms with Crippen LogP contribution < -0.4 is 5.32 Å². The predicted octanol–water partition coefficient (Wildman–Crippen LogP) is 4.33. The fraction of sp³-hybridized carbons (Fsp3) is 0.517. The van der Waals surface area contributed by atoms with E-state index in [1.54, 1.807) is 36.4 Å². The second kappa shape index (κ2) is 11.8. The minimum absolute atomic E-state index is 0.00746. The highest BCUT2D eigenvalue weighted by molar-refractivity contribution is 7.91. The van der Waals surface area contributed by atoms with E-state index in [1.807, 2.05) is 24.0 Å². The smallest absolute Gasteiger partial charge is 0.251 e. The lowest BCUT2D eigenvalue weighted by Gasteiger charge is -2.44. The molecular weight excluding hydrogens is 522 g/mol. The van der Waals surface area contributed by atoms with Crippen molar-refractivity contribution < 1.29 is 18.0 Å². The van der Waals surface area contributed by atoms with Crippen molar-refractivity contribution >= 4 is 33.3 Å². The molecule has 0 aromatic heterocycles. The van der Waals surface area contributed by atoms with Crippen LogP contribution >= 0.6 is 11.6 Å². The quantitative estimate of drug-likeness (QED) is 0.520. The van der Waals surface area contributed by atoms with Crippen molar-refractivity contribution in [1.29, 1.82) is 0 Å². The first-order valence-corrected chi connectivity index (χ1v) is 15.4. The highest BCUT2D eigenvalue weighted by Crippen LogP contribution is 2.36. The number of likely N-dealkylation sites (tertiary alicyclic amines) is 1. The molecule has 2 fully saturated rings. The zero-order valence-corrected chi connectivity index (χ0v) is 24.1. The molecule has 1 N–H and O–H groups in total.